The minimum absolute atomic E-state index is 0.598. The van der Waals surface area contributed by atoms with Crippen LogP contribution in [0.5, 0.6) is 0 Å². The van der Waals surface area contributed by atoms with Crippen molar-refractivity contribution < 1.29 is 4.74 Å². The minimum Gasteiger partial charge on any atom is -0.378 e. The van der Waals surface area contributed by atoms with Gasteiger partial charge in [0, 0.05) is 19.9 Å². The third-order valence-electron chi connectivity index (χ3n) is 1.51. The molecule has 1 rings (SSSR count). The maximum atomic E-state index is 4.87. The first-order valence-corrected chi connectivity index (χ1v) is 4.85. The van der Waals surface area contributed by atoms with E-state index in [0.29, 0.717) is 6.61 Å². The second kappa shape index (κ2) is 9.37. The normalized spacial score (nSPS) is 9.33. The summed E-state index contributed by atoms with van der Waals surface area (Å²) >= 11 is 0. The van der Waals surface area contributed by atoms with Crippen LogP contribution in [0, 0.1) is 0 Å². The number of pyridine rings is 1. The molecule has 1 heterocycles. The van der Waals surface area contributed by atoms with E-state index in [2.05, 4.69) is 16.5 Å². The second-order valence-electron chi connectivity index (χ2n) is 3.31. The summed E-state index contributed by atoms with van der Waals surface area (Å²) in [7, 11) is 5.69. The van der Waals surface area contributed by atoms with Gasteiger partial charge in [-0.15, -0.1) is 6.58 Å². The lowest BCUT2D eigenvalue weighted by atomic mass is 10.4. The number of aromatic nitrogens is 1. The summed E-state index contributed by atoms with van der Waals surface area (Å²) in [6.07, 6.45) is 3.63. The molecule has 0 unspecified atom stereocenters. The van der Waals surface area contributed by atoms with Crippen molar-refractivity contribution in [3.8, 4) is 0 Å². The van der Waals surface area contributed by atoms with Crippen molar-refractivity contribution in [2.45, 2.75) is 6.61 Å². The topological polar surface area (TPSA) is 25.4 Å². The van der Waals surface area contributed by atoms with Crippen molar-refractivity contribution in [1.82, 2.24) is 9.88 Å². The molecule has 0 fully saturated rings. The van der Waals surface area contributed by atoms with Gasteiger partial charge in [0.05, 0.1) is 12.3 Å². The van der Waals surface area contributed by atoms with Gasteiger partial charge in [-0.3, -0.25) is 4.98 Å². The Morgan fingerprint density at radius 1 is 1.47 bits per heavy atom. The fourth-order valence-electron chi connectivity index (χ4n) is 0.890. The summed E-state index contributed by atoms with van der Waals surface area (Å²) in [6.45, 7) is 5.13. The van der Waals surface area contributed by atoms with E-state index >= 15 is 0 Å². The van der Waals surface area contributed by atoms with Crippen molar-refractivity contribution in [2.24, 2.45) is 0 Å². The van der Waals surface area contributed by atoms with E-state index in [1.165, 1.54) is 0 Å². The maximum absolute atomic E-state index is 4.87. The number of ether oxygens (including phenoxy) is 1. The van der Waals surface area contributed by atoms with Crippen LogP contribution in [-0.2, 0) is 11.3 Å². The Morgan fingerprint density at radius 3 is 2.53 bits per heavy atom. The molecule has 0 aliphatic rings. The van der Waals surface area contributed by atoms with Gasteiger partial charge in [-0.05, 0) is 26.2 Å². The zero-order valence-electron chi connectivity index (χ0n) is 9.81. The Balaban J connectivity index is 0.000000288. The van der Waals surface area contributed by atoms with Crippen LogP contribution in [0.3, 0.4) is 0 Å². The minimum atomic E-state index is 0.598. The Hall–Kier alpha value is -1.19. The molecule has 0 amide bonds. The van der Waals surface area contributed by atoms with Crippen molar-refractivity contribution in [3.63, 3.8) is 0 Å². The van der Waals surface area contributed by atoms with Crippen LogP contribution in [0.25, 0.3) is 0 Å². The van der Waals surface area contributed by atoms with E-state index in [1.54, 1.807) is 13.3 Å². The van der Waals surface area contributed by atoms with Crippen LogP contribution in [0.4, 0.5) is 0 Å². The van der Waals surface area contributed by atoms with Gasteiger partial charge < -0.3 is 9.64 Å². The second-order valence-corrected chi connectivity index (χ2v) is 3.31. The molecule has 0 radical (unpaired) electrons. The largest absolute Gasteiger partial charge is 0.378 e. The molecule has 3 nitrogen and oxygen atoms in total. The molecule has 15 heavy (non-hydrogen) atoms. The molecule has 0 N–H and O–H groups in total. The van der Waals surface area contributed by atoms with E-state index in [4.69, 9.17) is 4.74 Å². The number of hydrogen-bond acceptors (Lipinski definition) is 3. The number of rotatable bonds is 4. The zero-order chi connectivity index (χ0) is 11.5. The summed E-state index contributed by atoms with van der Waals surface area (Å²) in [6, 6.07) is 5.77. The summed E-state index contributed by atoms with van der Waals surface area (Å²) in [5, 5.41) is 0. The molecule has 0 saturated carbocycles. The summed E-state index contributed by atoms with van der Waals surface area (Å²) in [5.41, 5.74) is 0.972. The van der Waals surface area contributed by atoms with Crippen molar-refractivity contribution in [1.29, 1.82) is 0 Å². The fraction of sp³-hybridized carbons (Fsp3) is 0.417. The van der Waals surface area contributed by atoms with Gasteiger partial charge in [-0.2, -0.15) is 0 Å². The van der Waals surface area contributed by atoms with Crippen molar-refractivity contribution in [2.75, 3.05) is 27.7 Å². The number of hydrogen-bond donors (Lipinski definition) is 0. The van der Waals surface area contributed by atoms with Gasteiger partial charge in [-0.1, -0.05) is 12.1 Å². The molecule has 84 valence electrons. The molecule has 1 aromatic heterocycles. The van der Waals surface area contributed by atoms with Gasteiger partial charge in [0.15, 0.2) is 0 Å². The Labute approximate surface area is 92.4 Å². The smallest absolute Gasteiger partial charge is 0.0884 e. The summed E-state index contributed by atoms with van der Waals surface area (Å²) in [5.74, 6) is 0. The molecular formula is C12H20N2O. The van der Waals surface area contributed by atoms with Crippen LogP contribution in [0.1, 0.15) is 5.69 Å². The molecule has 0 aliphatic carbocycles. The lowest BCUT2D eigenvalue weighted by Crippen LogP contribution is -2.09. The van der Waals surface area contributed by atoms with Crippen LogP contribution in [0.15, 0.2) is 37.1 Å². The highest BCUT2D eigenvalue weighted by Gasteiger charge is 1.86. The van der Waals surface area contributed by atoms with E-state index in [0.717, 1.165) is 12.2 Å². The van der Waals surface area contributed by atoms with Crippen molar-refractivity contribution in [3.05, 3.63) is 42.7 Å². The molecule has 3 heteroatoms. The standard InChI is InChI=1S/C7H9NO.C5H11N/c1-9-6-7-4-2-3-5-8-7;1-4-5-6(2)3/h2-5H,6H2,1H3;4H,1,5H2,2-3H3. The SMILES string of the molecule is C=CCN(C)C.COCc1ccccn1. The lowest BCUT2D eigenvalue weighted by molar-refractivity contribution is 0.181. The Kier molecular flexibility index (Phi) is 8.63. The van der Waals surface area contributed by atoms with Crippen LogP contribution in [-0.4, -0.2) is 37.6 Å². The molecule has 0 bridgehead atoms. The molecular weight excluding hydrogens is 188 g/mol. The predicted octanol–water partition coefficient (Wildman–Crippen LogP) is 1.96. The first-order chi connectivity index (χ1) is 7.20. The third-order valence-corrected chi connectivity index (χ3v) is 1.51. The summed E-state index contributed by atoms with van der Waals surface area (Å²) in [4.78, 5) is 6.11. The average Bonchev–Trinajstić information content (AvgIpc) is 2.20. The molecule has 0 atom stereocenters. The molecule has 0 aromatic carbocycles. The van der Waals surface area contributed by atoms with E-state index in [-0.39, 0.29) is 0 Å². The first-order valence-electron chi connectivity index (χ1n) is 4.85. The molecule has 0 aliphatic heterocycles. The monoisotopic (exact) mass is 208 g/mol. The van der Waals surface area contributed by atoms with Gasteiger partial charge in [0.25, 0.3) is 0 Å². The average molecular weight is 208 g/mol. The highest BCUT2D eigenvalue weighted by molar-refractivity contribution is 5.01. The van der Waals surface area contributed by atoms with E-state index in [9.17, 15) is 0 Å². The quantitative estimate of drug-likeness (QED) is 0.707. The van der Waals surface area contributed by atoms with Gasteiger partial charge in [0.2, 0.25) is 0 Å². The number of likely N-dealkylation sites (N-methyl/N-ethyl adjacent to an activating group) is 1. The molecule has 1 aromatic rings. The number of methoxy groups -OCH3 is 1. The summed E-state index contributed by atoms with van der Waals surface area (Å²) < 4.78 is 4.87. The molecule has 0 saturated heterocycles. The lowest BCUT2D eigenvalue weighted by Gasteiger charge is -2.01. The van der Waals surface area contributed by atoms with Crippen LogP contribution >= 0.6 is 0 Å². The van der Waals surface area contributed by atoms with Gasteiger partial charge in [0.1, 0.15) is 0 Å². The van der Waals surface area contributed by atoms with Gasteiger partial charge >= 0.3 is 0 Å². The highest BCUT2D eigenvalue weighted by atomic mass is 16.5. The maximum Gasteiger partial charge on any atom is 0.0884 e. The molecule has 0 spiro atoms. The first kappa shape index (κ1) is 13.8. The van der Waals surface area contributed by atoms with Crippen LogP contribution < -0.4 is 0 Å². The number of nitrogens with zero attached hydrogens (tertiary/aromatic N) is 2. The fourth-order valence-corrected chi connectivity index (χ4v) is 0.890. The van der Waals surface area contributed by atoms with E-state index in [1.807, 2.05) is 38.4 Å². The predicted molar refractivity (Wildman–Crippen MR) is 63.7 cm³/mol. The van der Waals surface area contributed by atoms with Gasteiger partial charge in [-0.25, -0.2) is 0 Å². The zero-order valence-corrected chi connectivity index (χ0v) is 9.81. The Bertz CT molecular complexity index is 247. The van der Waals surface area contributed by atoms with Crippen LogP contribution in [0.2, 0.25) is 0 Å². The Morgan fingerprint density at radius 2 is 2.20 bits per heavy atom. The highest BCUT2D eigenvalue weighted by Crippen LogP contribution is 1.93. The third kappa shape index (κ3) is 9.12. The van der Waals surface area contributed by atoms with Crippen molar-refractivity contribution >= 4 is 0 Å². The van der Waals surface area contributed by atoms with E-state index < -0.39 is 0 Å².